The molecule has 0 spiro atoms. The van der Waals surface area contributed by atoms with Crippen molar-refractivity contribution in [3.8, 4) is 6.07 Å². The maximum absolute atomic E-state index is 11.5. The van der Waals surface area contributed by atoms with E-state index in [4.69, 9.17) is 16.9 Å². The van der Waals surface area contributed by atoms with Crippen LogP contribution in [-0.4, -0.2) is 18.4 Å². The minimum Gasteiger partial charge on any atom is -0.335 e. The van der Waals surface area contributed by atoms with Crippen molar-refractivity contribution in [2.75, 3.05) is 11.9 Å². The molecule has 1 aromatic carbocycles. The van der Waals surface area contributed by atoms with E-state index >= 15 is 0 Å². The monoisotopic (exact) mass is 329 g/mol. The Bertz CT molecular complexity index is 540. The van der Waals surface area contributed by atoms with Crippen LogP contribution in [0.15, 0.2) is 16.6 Å². The molecule has 0 bridgehead atoms. The van der Waals surface area contributed by atoms with Gasteiger partial charge in [-0.2, -0.15) is 5.26 Å². The number of hydrogen-bond donors (Lipinski definition) is 2. The topological polar surface area (TPSA) is 82.0 Å². The molecule has 0 unspecified atom stereocenters. The molecule has 0 aliphatic heterocycles. The number of amides is 2. The highest BCUT2D eigenvalue weighted by Gasteiger charge is 2.15. The molecule has 0 aromatic heterocycles. The highest BCUT2D eigenvalue weighted by Crippen LogP contribution is 2.29. The normalized spacial score (nSPS) is 9.44. The fraction of sp³-hybridized carbons (Fsp3) is 0.182. The zero-order chi connectivity index (χ0) is 13.7. The molecule has 2 amide bonds. The molecule has 1 aromatic rings. The van der Waals surface area contributed by atoms with Crippen LogP contribution in [0.2, 0.25) is 5.02 Å². The fourth-order valence-corrected chi connectivity index (χ4v) is 1.84. The van der Waals surface area contributed by atoms with Crippen molar-refractivity contribution in [3.63, 3.8) is 0 Å². The first kappa shape index (κ1) is 14.5. The van der Waals surface area contributed by atoms with Gasteiger partial charge in [0.1, 0.15) is 6.54 Å². The smallest absolute Gasteiger partial charge is 0.313 e. The third-order valence-corrected chi connectivity index (χ3v) is 3.09. The lowest BCUT2D eigenvalue weighted by Crippen LogP contribution is -2.35. The van der Waals surface area contributed by atoms with E-state index in [1.165, 1.54) is 6.07 Å². The van der Waals surface area contributed by atoms with Crippen LogP contribution in [0.4, 0.5) is 5.69 Å². The van der Waals surface area contributed by atoms with Crippen LogP contribution >= 0.6 is 27.5 Å². The molecule has 0 fully saturated rings. The largest absolute Gasteiger partial charge is 0.335 e. The van der Waals surface area contributed by atoms with Crippen molar-refractivity contribution in [2.45, 2.75) is 6.92 Å². The molecule has 2 N–H and O–H groups in total. The Hall–Kier alpha value is -1.58. The summed E-state index contributed by atoms with van der Waals surface area (Å²) in [5.41, 5.74) is 1.23. The summed E-state index contributed by atoms with van der Waals surface area (Å²) >= 11 is 9.17. The van der Waals surface area contributed by atoms with E-state index in [2.05, 4.69) is 26.6 Å². The van der Waals surface area contributed by atoms with Gasteiger partial charge in [0.2, 0.25) is 0 Å². The van der Waals surface area contributed by atoms with Crippen molar-refractivity contribution < 1.29 is 9.59 Å². The minimum absolute atomic E-state index is 0.220. The molecule has 94 valence electrons. The second-order valence-electron chi connectivity index (χ2n) is 3.38. The summed E-state index contributed by atoms with van der Waals surface area (Å²) in [5.74, 6) is -1.73. The average molecular weight is 331 g/mol. The number of nitrogens with zero attached hydrogens (tertiary/aromatic N) is 1. The number of carbonyl (C=O) groups is 2. The van der Waals surface area contributed by atoms with Gasteiger partial charge >= 0.3 is 11.8 Å². The Balaban J connectivity index is 2.80. The van der Waals surface area contributed by atoms with E-state index in [1.807, 2.05) is 6.92 Å². The predicted octanol–water partition coefficient (Wildman–Crippen LogP) is 1.99. The van der Waals surface area contributed by atoms with Crippen LogP contribution in [0.25, 0.3) is 0 Å². The van der Waals surface area contributed by atoms with Crippen LogP contribution in [-0.2, 0) is 9.59 Å². The van der Waals surface area contributed by atoms with Gasteiger partial charge in [0.15, 0.2) is 0 Å². The Kier molecular flexibility index (Phi) is 5.13. The maximum atomic E-state index is 11.5. The molecule has 5 nitrogen and oxygen atoms in total. The number of nitrogens with one attached hydrogen (secondary N) is 2. The van der Waals surface area contributed by atoms with Gasteiger partial charge in [0.05, 0.1) is 11.8 Å². The lowest BCUT2D eigenvalue weighted by molar-refractivity contribution is -0.136. The van der Waals surface area contributed by atoms with Crippen molar-refractivity contribution >= 4 is 45.0 Å². The van der Waals surface area contributed by atoms with E-state index in [-0.39, 0.29) is 6.54 Å². The summed E-state index contributed by atoms with van der Waals surface area (Å²) in [7, 11) is 0. The molecular weight excluding hydrogens is 321 g/mol. The standard InChI is InChI=1S/C11H9BrClN3O2/c1-6-4-7(12)9(5-8(6)13)16-11(18)10(17)15-3-2-14/h4-5H,3H2,1H3,(H,15,17)(H,16,18). The van der Waals surface area contributed by atoms with Crippen LogP contribution in [0, 0.1) is 18.3 Å². The van der Waals surface area contributed by atoms with E-state index in [1.54, 1.807) is 12.1 Å². The Morgan fingerprint density at radius 1 is 1.44 bits per heavy atom. The third-order valence-electron chi connectivity index (χ3n) is 2.03. The van der Waals surface area contributed by atoms with E-state index in [0.717, 1.165) is 5.56 Å². The molecule has 0 saturated heterocycles. The van der Waals surface area contributed by atoms with E-state index < -0.39 is 11.8 Å². The molecule has 0 aliphatic carbocycles. The van der Waals surface area contributed by atoms with Gasteiger partial charge < -0.3 is 10.6 Å². The van der Waals surface area contributed by atoms with Gasteiger partial charge in [0.25, 0.3) is 0 Å². The Morgan fingerprint density at radius 2 is 2.11 bits per heavy atom. The highest BCUT2D eigenvalue weighted by molar-refractivity contribution is 9.10. The van der Waals surface area contributed by atoms with E-state index in [0.29, 0.717) is 15.2 Å². The summed E-state index contributed by atoms with van der Waals surface area (Å²) in [4.78, 5) is 22.7. The summed E-state index contributed by atoms with van der Waals surface area (Å²) in [6.07, 6.45) is 0. The number of nitriles is 1. The number of carbonyl (C=O) groups excluding carboxylic acids is 2. The lowest BCUT2D eigenvalue weighted by atomic mass is 10.2. The summed E-state index contributed by atoms with van der Waals surface area (Å²) in [6.45, 7) is 1.60. The highest BCUT2D eigenvalue weighted by atomic mass is 79.9. The first-order valence-electron chi connectivity index (χ1n) is 4.87. The Morgan fingerprint density at radius 3 is 2.72 bits per heavy atom. The molecule has 0 heterocycles. The van der Waals surface area contributed by atoms with Gasteiger partial charge in [-0.1, -0.05) is 11.6 Å². The summed E-state index contributed by atoms with van der Waals surface area (Å²) in [5, 5.41) is 13.3. The van der Waals surface area contributed by atoms with Gasteiger partial charge in [-0.05, 0) is 40.5 Å². The van der Waals surface area contributed by atoms with Crippen LogP contribution in [0.3, 0.4) is 0 Å². The van der Waals surface area contributed by atoms with Gasteiger partial charge in [-0.25, -0.2) is 0 Å². The van der Waals surface area contributed by atoms with Crippen LogP contribution in [0.5, 0.6) is 0 Å². The van der Waals surface area contributed by atoms with Crippen molar-refractivity contribution in [2.24, 2.45) is 0 Å². The number of hydrogen-bond acceptors (Lipinski definition) is 3. The predicted molar refractivity (Wildman–Crippen MR) is 71.1 cm³/mol. The molecule has 18 heavy (non-hydrogen) atoms. The number of rotatable bonds is 2. The summed E-state index contributed by atoms with van der Waals surface area (Å²) < 4.78 is 0.617. The first-order chi connectivity index (χ1) is 8.45. The molecule has 7 heteroatoms. The molecule has 0 radical (unpaired) electrons. The second kappa shape index (κ2) is 6.38. The van der Waals surface area contributed by atoms with Crippen molar-refractivity contribution in [1.29, 1.82) is 5.26 Å². The zero-order valence-electron chi connectivity index (χ0n) is 9.38. The fourth-order valence-electron chi connectivity index (χ4n) is 1.12. The minimum atomic E-state index is -0.875. The quantitative estimate of drug-likeness (QED) is 0.642. The van der Waals surface area contributed by atoms with Gasteiger partial charge in [-0.3, -0.25) is 9.59 Å². The lowest BCUT2D eigenvalue weighted by Gasteiger charge is -2.08. The summed E-state index contributed by atoms with van der Waals surface area (Å²) in [6, 6.07) is 4.97. The molecular formula is C11H9BrClN3O2. The molecule has 0 aliphatic rings. The van der Waals surface area contributed by atoms with Crippen LogP contribution < -0.4 is 10.6 Å². The number of halogens is 2. The van der Waals surface area contributed by atoms with Crippen molar-refractivity contribution in [1.82, 2.24) is 5.32 Å². The maximum Gasteiger partial charge on any atom is 0.313 e. The number of anilines is 1. The number of aryl methyl sites for hydroxylation is 1. The molecule has 0 saturated carbocycles. The number of benzene rings is 1. The molecule has 1 rings (SSSR count). The van der Waals surface area contributed by atoms with Gasteiger partial charge in [-0.15, -0.1) is 0 Å². The average Bonchev–Trinajstić information content (AvgIpc) is 2.32. The Labute approximate surface area is 117 Å². The van der Waals surface area contributed by atoms with E-state index in [9.17, 15) is 9.59 Å². The second-order valence-corrected chi connectivity index (χ2v) is 4.64. The zero-order valence-corrected chi connectivity index (χ0v) is 11.7. The van der Waals surface area contributed by atoms with Crippen LogP contribution in [0.1, 0.15) is 5.56 Å². The third kappa shape index (κ3) is 3.72. The SMILES string of the molecule is Cc1cc(Br)c(NC(=O)C(=O)NCC#N)cc1Cl. The van der Waals surface area contributed by atoms with Gasteiger partial charge in [0, 0.05) is 9.50 Å². The van der Waals surface area contributed by atoms with Crippen molar-refractivity contribution in [3.05, 3.63) is 27.2 Å². The first-order valence-corrected chi connectivity index (χ1v) is 6.04. The molecule has 0 atom stereocenters.